The summed E-state index contributed by atoms with van der Waals surface area (Å²) in [5, 5.41) is 2.99. The molecule has 1 atom stereocenters. The van der Waals surface area contributed by atoms with Crippen molar-refractivity contribution in [1.29, 1.82) is 0 Å². The lowest BCUT2D eigenvalue weighted by atomic mass is 10.0. The number of hydrogen-bond donors (Lipinski definition) is 1. The highest BCUT2D eigenvalue weighted by Gasteiger charge is 2.35. The smallest absolute Gasteiger partial charge is 0.264 e. The fraction of sp³-hybridized carbons (Fsp3) is 0.297. The third-order valence-electron chi connectivity index (χ3n) is 7.70. The topological polar surface area (TPSA) is 86.8 Å². The first-order valence-electron chi connectivity index (χ1n) is 15.4. The van der Waals surface area contributed by atoms with Crippen molar-refractivity contribution < 1.29 is 18.0 Å². The standard InChI is InChI=1S/C37H43N3O4S/c1-6-32-14-10-11-15-34(32)40(45(43,44)33-22-18-29(5)19-23-33)26-36(41)39(25-31-20-16-28(4)17-21-31)35(37(42)38-27(2)3)24-30-12-8-7-9-13-30/h7-23,27,35H,6,24-26H2,1-5H3,(H,38,42). The van der Waals surface area contributed by atoms with Gasteiger partial charge in [-0.25, -0.2) is 8.42 Å². The molecule has 2 amide bonds. The second-order valence-corrected chi connectivity index (χ2v) is 13.5. The monoisotopic (exact) mass is 625 g/mol. The molecule has 0 fully saturated rings. The van der Waals surface area contributed by atoms with Gasteiger partial charge in [-0.2, -0.15) is 0 Å². The van der Waals surface area contributed by atoms with E-state index in [0.717, 1.165) is 27.8 Å². The highest BCUT2D eigenvalue weighted by molar-refractivity contribution is 7.92. The molecule has 0 aromatic heterocycles. The molecule has 4 aromatic carbocycles. The van der Waals surface area contributed by atoms with Gasteiger partial charge < -0.3 is 10.2 Å². The Kier molecular flexibility index (Phi) is 11.2. The minimum Gasteiger partial charge on any atom is -0.352 e. The molecule has 0 aliphatic heterocycles. The van der Waals surface area contributed by atoms with E-state index in [0.29, 0.717) is 12.1 Å². The zero-order valence-corrected chi connectivity index (χ0v) is 27.6. The molecule has 7 nitrogen and oxygen atoms in total. The number of anilines is 1. The largest absolute Gasteiger partial charge is 0.352 e. The van der Waals surface area contributed by atoms with E-state index in [9.17, 15) is 18.0 Å². The number of benzene rings is 4. The Bertz CT molecular complexity index is 1690. The Morgan fingerprint density at radius 2 is 1.33 bits per heavy atom. The maximum Gasteiger partial charge on any atom is 0.264 e. The first-order chi connectivity index (χ1) is 21.5. The highest BCUT2D eigenvalue weighted by atomic mass is 32.2. The van der Waals surface area contributed by atoms with Crippen LogP contribution in [0.5, 0.6) is 0 Å². The highest BCUT2D eigenvalue weighted by Crippen LogP contribution is 2.29. The number of para-hydroxylation sites is 1. The van der Waals surface area contributed by atoms with Gasteiger partial charge in [0.15, 0.2) is 0 Å². The summed E-state index contributed by atoms with van der Waals surface area (Å²) in [5.74, 6) is -0.770. The van der Waals surface area contributed by atoms with Crippen LogP contribution in [0, 0.1) is 13.8 Å². The summed E-state index contributed by atoms with van der Waals surface area (Å²) in [6, 6.07) is 30.2. The van der Waals surface area contributed by atoms with Gasteiger partial charge in [-0.15, -0.1) is 0 Å². The maximum atomic E-state index is 14.6. The number of amides is 2. The summed E-state index contributed by atoms with van der Waals surface area (Å²) in [6.45, 7) is 9.24. The molecule has 4 rings (SSSR count). The van der Waals surface area contributed by atoms with Gasteiger partial charge in [-0.05, 0) is 69.0 Å². The van der Waals surface area contributed by atoms with Gasteiger partial charge >= 0.3 is 0 Å². The summed E-state index contributed by atoms with van der Waals surface area (Å²) >= 11 is 0. The maximum absolute atomic E-state index is 14.6. The van der Waals surface area contributed by atoms with Crippen molar-refractivity contribution in [3.05, 3.63) is 131 Å². The van der Waals surface area contributed by atoms with Crippen LogP contribution in [0.15, 0.2) is 108 Å². The lowest BCUT2D eigenvalue weighted by Gasteiger charge is -2.34. The SMILES string of the molecule is CCc1ccccc1N(CC(=O)N(Cc1ccc(C)cc1)C(Cc1ccccc1)C(=O)NC(C)C)S(=O)(=O)c1ccc(C)cc1. The molecular formula is C37H43N3O4S. The molecule has 0 aliphatic carbocycles. The van der Waals surface area contributed by atoms with Crippen molar-refractivity contribution in [2.24, 2.45) is 0 Å². The molecule has 0 aliphatic rings. The normalized spacial score (nSPS) is 12.0. The van der Waals surface area contributed by atoms with E-state index in [4.69, 9.17) is 0 Å². The summed E-state index contributed by atoms with van der Waals surface area (Å²) < 4.78 is 29.8. The number of hydrogen-bond acceptors (Lipinski definition) is 4. The van der Waals surface area contributed by atoms with E-state index in [-0.39, 0.29) is 29.8 Å². The number of nitrogens with one attached hydrogen (secondary N) is 1. The van der Waals surface area contributed by atoms with Gasteiger partial charge in [-0.1, -0.05) is 103 Å². The van der Waals surface area contributed by atoms with Crippen molar-refractivity contribution in [2.75, 3.05) is 10.8 Å². The second kappa shape index (κ2) is 15.0. The van der Waals surface area contributed by atoms with Crippen LogP contribution in [0.25, 0.3) is 0 Å². The van der Waals surface area contributed by atoms with Crippen molar-refractivity contribution in [3.8, 4) is 0 Å². The number of carbonyl (C=O) groups is 2. The predicted molar refractivity (Wildman–Crippen MR) is 180 cm³/mol. The van der Waals surface area contributed by atoms with Crippen LogP contribution in [-0.2, 0) is 39.0 Å². The minimum absolute atomic E-state index is 0.0928. The van der Waals surface area contributed by atoms with Crippen LogP contribution in [0.4, 0.5) is 5.69 Å². The average molecular weight is 626 g/mol. The minimum atomic E-state index is -4.15. The molecule has 0 bridgehead atoms. The summed E-state index contributed by atoms with van der Waals surface area (Å²) in [4.78, 5) is 30.0. The van der Waals surface area contributed by atoms with Crippen molar-refractivity contribution in [1.82, 2.24) is 10.2 Å². The quantitative estimate of drug-likeness (QED) is 0.191. The second-order valence-electron chi connectivity index (χ2n) is 11.7. The van der Waals surface area contributed by atoms with Crippen LogP contribution in [0.3, 0.4) is 0 Å². The fourth-order valence-electron chi connectivity index (χ4n) is 5.23. The van der Waals surface area contributed by atoms with Crippen LogP contribution in [0.2, 0.25) is 0 Å². The van der Waals surface area contributed by atoms with Crippen LogP contribution < -0.4 is 9.62 Å². The Labute approximate surface area is 268 Å². The van der Waals surface area contributed by atoms with Crippen molar-refractivity contribution in [3.63, 3.8) is 0 Å². The van der Waals surface area contributed by atoms with Crippen molar-refractivity contribution in [2.45, 2.75) is 71.0 Å². The number of rotatable bonds is 13. The molecule has 4 aromatic rings. The molecule has 0 spiro atoms. The van der Waals surface area contributed by atoms with Gasteiger partial charge in [0.2, 0.25) is 11.8 Å². The molecule has 236 valence electrons. The van der Waals surface area contributed by atoms with Crippen LogP contribution >= 0.6 is 0 Å². The number of sulfonamides is 1. The van der Waals surface area contributed by atoms with Gasteiger partial charge in [0, 0.05) is 19.0 Å². The molecule has 0 saturated carbocycles. The Hall–Kier alpha value is -4.43. The first-order valence-corrected chi connectivity index (χ1v) is 16.8. The van der Waals surface area contributed by atoms with E-state index in [2.05, 4.69) is 5.32 Å². The van der Waals surface area contributed by atoms with E-state index >= 15 is 0 Å². The number of nitrogens with zero attached hydrogens (tertiary/aromatic N) is 2. The summed E-state index contributed by atoms with van der Waals surface area (Å²) in [6.07, 6.45) is 0.845. The first kappa shape index (κ1) is 33.5. The summed E-state index contributed by atoms with van der Waals surface area (Å²) in [7, 11) is -4.15. The Balaban J connectivity index is 1.83. The van der Waals surface area contributed by atoms with Crippen LogP contribution in [-0.4, -0.2) is 43.8 Å². The van der Waals surface area contributed by atoms with E-state index in [1.54, 1.807) is 36.4 Å². The van der Waals surface area contributed by atoms with E-state index in [1.807, 2.05) is 101 Å². The molecular weight excluding hydrogens is 582 g/mol. The molecule has 1 N–H and O–H groups in total. The summed E-state index contributed by atoms with van der Waals surface area (Å²) in [5.41, 5.74) is 4.96. The van der Waals surface area contributed by atoms with Crippen LogP contribution in [0.1, 0.15) is 48.6 Å². The van der Waals surface area contributed by atoms with E-state index < -0.39 is 28.5 Å². The Morgan fingerprint density at radius 1 is 0.756 bits per heavy atom. The van der Waals surface area contributed by atoms with Gasteiger partial charge in [-0.3, -0.25) is 13.9 Å². The average Bonchev–Trinajstić information content (AvgIpc) is 3.02. The van der Waals surface area contributed by atoms with Gasteiger partial charge in [0.25, 0.3) is 10.0 Å². The lowest BCUT2D eigenvalue weighted by molar-refractivity contribution is -0.140. The lowest BCUT2D eigenvalue weighted by Crippen LogP contribution is -2.54. The number of carbonyl (C=O) groups excluding carboxylic acids is 2. The number of aryl methyl sites for hydroxylation is 3. The third-order valence-corrected chi connectivity index (χ3v) is 9.48. The Morgan fingerprint density at radius 3 is 1.93 bits per heavy atom. The van der Waals surface area contributed by atoms with Gasteiger partial charge in [0.05, 0.1) is 10.6 Å². The zero-order valence-electron chi connectivity index (χ0n) is 26.7. The third kappa shape index (κ3) is 8.60. The zero-order chi connectivity index (χ0) is 32.6. The molecule has 0 radical (unpaired) electrons. The van der Waals surface area contributed by atoms with E-state index in [1.165, 1.54) is 9.21 Å². The molecule has 0 saturated heterocycles. The van der Waals surface area contributed by atoms with Gasteiger partial charge in [0.1, 0.15) is 12.6 Å². The molecule has 8 heteroatoms. The molecule has 45 heavy (non-hydrogen) atoms. The molecule has 1 unspecified atom stereocenters. The fourth-order valence-corrected chi connectivity index (χ4v) is 6.68. The van der Waals surface area contributed by atoms with Crippen molar-refractivity contribution >= 4 is 27.5 Å². The molecule has 0 heterocycles. The predicted octanol–water partition coefficient (Wildman–Crippen LogP) is 6.23.